The van der Waals surface area contributed by atoms with Gasteiger partial charge in [-0.3, -0.25) is 5.01 Å². The van der Waals surface area contributed by atoms with Crippen LogP contribution in [0.5, 0.6) is 5.88 Å². The summed E-state index contributed by atoms with van der Waals surface area (Å²) in [6.45, 7) is 7.58. The molecule has 0 saturated carbocycles. The number of hydrazone groups is 1. The Kier molecular flexibility index (Phi) is 5.89. The first-order valence-electron chi connectivity index (χ1n) is 11.7. The summed E-state index contributed by atoms with van der Waals surface area (Å²) >= 11 is 0. The monoisotopic (exact) mass is 447 g/mol. The molecule has 0 radical (unpaired) electrons. The topological polar surface area (TPSA) is 37.7 Å². The Morgan fingerprint density at radius 3 is 2.24 bits per heavy atom. The average molecular weight is 448 g/mol. The van der Waals surface area contributed by atoms with Crippen LogP contribution >= 0.6 is 0 Å². The Morgan fingerprint density at radius 1 is 0.794 bits per heavy atom. The number of pyridine rings is 1. The molecule has 4 heteroatoms. The summed E-state index contributed by atoms with van der Waals surface area (Å²) in [4.78, 5) is 4.44. The van der Waals surface area contributed by atoms with Crippen LogP contribution in [-0.2, 0) is 13.1 Å². The van der Waals surface area contributed by atoms with Crippen molar-refractivity contribution in [3.05, 3.63) is 119 Å². The Morgan fingerprint density at radius 2 is 1.50 bits per heavy atom. The molecule has 1 aliphatic heterocycles. The molecule has 1 aromatic heterocycles. The normalized spacial score (nSPS) is 13.3. The van der Waals surface area contributed by atoms with Crippen molar-refractivity contribution in [3.63, 3.8) is 0 Å². The summed E-state index contributed by atoms with van der Waals surface area (Å²) in [6.07, 6.45) is 1.80. The van der Waals surface area contributed by atoms with E-state index in [4.69, 9.17) is 9.84 Å². The predicted molar refractivity (Wildman–Crippen MR) is 138 cm³/mol. The Balaban J connectivity index is 1.61. The van der Waals surface area contributed by atoms with E-state index >= 15 is 0 Å². The summed E-state index contributed by atoms with van der Waals surface area (Å²) in [6, 6.07) is 31.6. The molecule has 3 aromatic carbocycles. The molecule has 0 N–H and O–H groups in total. The van der Waals surface area contributed by atoms with Crippen molar-refractivity contribution in [1.82, 2.24) is 9.99 Å². The lowest BCUT2D eigenvalue weighted by Crippen LogP contribution is -2.27. The molecule has 0 amide bonds. The van der Waals surface area contributed by atoms with Gasteiger partial charge in [0, 0.05) is 23.4 Å². The number of nitrogens with zero attached hydrogens (tertiary/aromatic N) is 3. The smallest absolute Gasteiger partial charge is 0.214 e. The van der Waals surface area contributed by atoms with Crippen LogP contribution in [0.25, 0.3) is 11.1 Å². The molecule has 4 nitrogen and oxygen atoms in total. The molecule has 0 bridgehead atoms. The van der Waals surface area contributed by atoms with E-state index in [0.717, 1.165) is 29.9 Å². The van der Waals surface area contributed by atoms with E-state index in [-0.39, 0.29) is 5.60 Å². The Hall–Kier alpha value is -3.92. The second-order valence-electron chi connectivity index (χ2n) is 9.55. The van der Waals surface area contributed by atoms with Gasteiger partial charge in [-0.25, -0.2) is 4.98 Å². The minimum atomic E-state index is -0.322. The quantitative estimate of drug-likeness (QED) is 0.342. The van der Waals surface area contributed by atoms with E-state index in [1.165, 1.54) is 22.3 Å². The molecule has 0 unspecified atom stereocenters. The minimum Gasteiger partial charge on any atom is -0.472 e. The fourth-order valence-electron chi connectivity index (χ4n) is 4.31. The first kappa shape index (κ1) is 21.9. The first-order chi connectivity index (χ1) is 16.5. The summed E-state index contributed by atoms with van der Waals surface area (Å²) < 4.78 is 6.06. The van der Waals surface area contributed by atoms with E-state index in [9.17, 15) is 0 Å². The zero-order chi connectivity index (χ0) is 23.5. The number of aromatic nitrogens is 1. The van der Waals surface area contributed by atoms with Crippen LogP contribution in [0.3, 0.4) is 0 Å². The highest BCUT2D eigenvalue weighted by Gasteiger charge is 2.24. The van der Waals surface area contributed by atoms with Gasteiger partial charge in [-0.2, -0.15) is 5.10 Å². The molecule has 0 saturated heterocycles. The van der Waals surface area contributed by atoms with Crippen molar-refractivity contribution < 1.29 is 4.74 Å². The van der Waals surface area contributed by atoms with Gasteiger partial charge in [0.15, 0.2) is 0 Å². The molecule has 170 valence electrons. The number of fused-ring (bicyclic) bond motifs is 1. The van der Waals surface area contributed by atoms with Crippen molar-refractivity contribution in [2.45, 2.75) is 39.5 Å². The molecule has 5 rings (SSSR count). The average Bonchev–Trinajstić information content (AvgIpc) is 2.83. The van der Waals surface area contributed by atoms with Crippen LogP contribution in [0.4, 0.5) is 0 Å². The molecule has 0 atom stereocenters. The number of rotatable bonds is 5. The van der Waals surface area contributed by atoms with Crippen LogP contribution < -0.4 is 4.74 Å². The third kappa shape index (κ3) is 4.86. The van der Waals surface area contributed by atoms with E-state index in [0.29, 0.717) is 5.88 Å². The van der Waals surface area contributed by atoms with Crippen LogP contribution in [0.1, 0.15) is 43.0 Å². The molecule has 0 aliphatic carbocycles. The van der Waals surface area contributed by atoms with Crippen LogP contribution in [-0.4, -0.2) is 21.3 Å². The largest absolute Gasteiger partial charge is 0.472 e. The standard InChI is InChI=1S/C30H29N3O/c1-30(2,3)34-28-19-24(17-18-31-28)29-26-16-10-15-25(23-13-8-5-9-14-23)27(26)21-33(32-29)20-22-11-6-4-7-12-22/h4-19H,20-21H2,1-3H3. The highest BCUT2D eigenvalue weighted by Crippen LogP contribution is 2.33. The van der Waals surface area contributed by atoms with Crippen molar-refractivity contribution in [3.8, 4) is 17.0 Å². The lowest BCUT2D eigenvalue weighted by atomic mass is 9.90. The summed E-state index contributed by atoms with van der Waals surface area (Å²) in [5.41, 5.74) is 7.74. The molecule has 4 aromatic rings. The van der Waals surface area contributed by atoms with E-state index in [2.05, 4.69) is 82.8 Å². The van der Waals surface area contributed by atoms with Crippen molar-refractivity contribution in [2.75, 3.05) is 0 Å². The van der Waals surface area contributed by atoms with Gasteiger partial charge in [0.05, 0.1) is 18.8 Å². The van der Waals surface area contributed by atoms with Gasteiger partial charge < -0.3 is 4.74 Å². The van der Waals surface area contributed by atoms with Crippen LogP contribution in [0.2, 0.25) is 0 Å². The van der Waals surface area contributed by atoms with E-state index in [1.54, 1.807) is 6.20 Å². The fourth-order valence-corrected chi connectivity index (χ4v) is 4.31. The predicted octanol–water partition coefficient (Wildman–Crippen LogP) is 6.69. The second kappa shape index (κ2) is 9.14. The van der Waals surface area contributed by atoms with Crippen molar-refractivity contribution in [1.29, 1.82) is 0 Å². The summed E-state index contributed by atoms with van der Waals surface area (Å²) in [5, 5.41) is 7.28. The zero-order valence-electron chi connectivity index (χ0n) is 19.9. The summed E-state index contributed by atoms with van der Waals surface area (Å²) in [7, 11) is 0. The Labute approximate surface area is 201 Å². The fraction of sp³-hybridized carbons (Fsp3) is 0.200. The number of benzene rings is 3. The molecule has 1 aliphatic rings. The maximum absolute atomic E-state index is 6.06. The molecule has 0 spiro atoms. The third-order valence-electron chi connectivity index (χ3n) is 5.72. The van der Waals surface area contributed by atoms with Gasteiger partial charge in [-0.15, -0.1) is 0 Å². The third-order valence-corrected chi connectivity index (χ3v) is 5.72. The van der Waals surface area contributed by atoms with Gasteiger partial charge in [0.25, 0.3) is 0 Å². The van der Waals surface area contributed by atoms with Gasteiger partial charge in [-0.1, -0.05) is 78.9 Å². The Bertz CT molecular complexity index is 1310. The van der Waals surface area contributed by atoms with Gasteiger partial charge in [0.1, 0.15) is 5.60 Å². The van der Waals surface area contributed by atoms with Crippen LogP contribution in [0, 0.1) is 0 Å². The lowest BCUT2D eigenvalue weighted by Gasteiger charge is -2.30. The minimum absolute atomic E-state index is 0.322. The van der Waals surface area contributed by atoms with Crippen LogP contribution in [0.15, 0.2) is 102 Å². The van der Waals surface area contributed by atoms with E-state index in [1.807, 2.05) is 39.0 Å². The molecule has 2 heterocycles. The number of hydrogen-bond donors (Lipinski definition) is 0. The molecule has 0 fully saturated rings. The SMILES string of the molecule is CC(C)(C)Oc1cc(C2=NN(Cc3ccccc3)Cc3c2cccc3-c2ccccc2)ccn1. The van der Waals surface area contributed by atoms with Gasteiger partial charge in [0.2, 0.25) is 5.88 Å². The van der Waals surface area contributed by atoms with E-state index < -0.39 is 0 Å². The maximum atomic E-state index is 6.06. The first-order valence-corrected chi connectivity index (χ1v) is 11.7. The summed E-state index contributed by atoms with van der Waals surface area (Å²) in [5.74, 6) is 0.605. The van der Waals surface area contributed by atoms with Gasteiger partial charge in [-0.05, 0) is 49.1 Å². The molecule has 34 heavy (non-hydrogen) atoms. The molecular weight excluding hydrogens is 418 g/mol. The highest BCUT2D eigenvalue weighted by atomic mass is 16.5. The molecular formula is C30H29N3O. The van der Waals surface area contributed by atoms with Crippen molar-refractivity contribution in [2.24, 2.45) is 5.10 Å². The second-order valence-corrected chi connectivity index (χ2v) is 9.55. The highest BCUT2D eigenvalue weighted by molar-refractivity contribution is 6.14. The van der Waals surface area contributed by atoms with Crippen molar-refractivity contribution >= 4 is 5.71 Å². The lowest BCUT2D eigenvalue weighted by molar-refractivity contribution is 0.124. The number of ether oxygens (including phenoxy) is 1. The number of hydrogen-bond acceptors (Lipinski definition) is 4. The maximum Gasteiger partial charge on any atom is 0.214 e. The zero-order valence-corrected chi connectivity index (χ0v) is 19.9. The van der Waals surface area contributed by atoms with Gasteiger partial charge >= 0.3 is 0 Å².